The van der Waals surface area contributed by atoms with Gasteiger partial charge in [-0.2, -0.15) is 5.10 Å². The number of rotatable bonds is 8. The molecule has 0 fully saturated rings. The highest BCUT2D eigenvalue weighted by atomic mass is 15.3. The van der Waals surface area contributed by atoms with Crippen LogP contribution in [0.2, 0.25) is 0 Å². The molecule has 1 unspecified atom stereocenters. The first-order valence-corrected chi connectivity index (χ1v) is 7.86. The Balaban J connectivity index is 2.98. The average molecular weight is 265 g/mol. The molecular formula is C16H31N3. The third-order valence-corrected chi connectivity index (χ3v) is 4.23. The fourth-order valence-corrected chi connectivity index (χ4v) is 2.88. The van der Waals surface area contributed by atoms with Crippen LogP contribution in [0.1, 0.15) is 70.0 Å². The van der Waals surface area contributed by atoms with Crippen LogP contribution in [0.3, 0.4) is 0 Å². The highest BCUT2D eigenvalue weighted by Crippen LogP contribution is 2.25. The minimum Gasteiger partial charge on any atom is -0.310 e. The minimum absolute atomic E-state index is 0.445. The molecule has 0 aromatic carbocycles. The Morgan fingerprint density at radius 2 is 1.68 bits per heavy atom. The molecule has 1 rings (SSSR count). The van der Waals surface area contributed by atoms with E-state index in [1.807, 2.05) is 0 Å². The van der Waals surface area contributed by atoms with Gasteiger partial charge < -0.3 is 5.32 Å². The Kier molecular flexibility index (Phi) is 6.56. The van der Waals surface area contributed by atoms with Gasteiger partial charge in [0.2, 0.25) is 0 Å². The third kappa shape index (κ3) is 3.82. The van der Waals surface area contributed by atoms with E-state index in [-0.39, 0.29) is 0 Å². The molecule has 0 amide bonds. The zero-order chi connectivity index (χ0) is 14.4. The van der Waals surface area contributed by atoms with Crippen LogP contribution in [0, 0.1) is 19.8 Å². The van der Waals surface area contributed by atoms with E-state index in [9.17, 15) is 0 Å². The zero-order valence-corrected chi connectivity index (χ0v) is 13.6. The monoisotopic (exact) mass is 265 g/mol. The van der Waals surface area contributed by atoms with Crippen molar-refractivity contribution >= 4 is 0 Å². The van der Waals surface area contributed by atoms with Crippen molar-refractivity contribution in [2.24, 2.45) is 5.92 Å². The van der Waals surface area contributed by atoms with Crippen molar-refractivity contribution in [2.45, 2.75) is 73.4 Å². The van der Waals surface area contributed by atoms with Crippen LogP contribution in [-0.4, -0.2) is 16.3 Å². The Labute approximate surface area is 118 Å². The fraction of sp³-hybridized carbons (Fsp3) is 0.812. The number of nitrogens with one attached hydrogen (secondary N) is 1. The maximum absolute atomic E-state index is 4.77. The van der Waals surface area contributed by atoms with Gasteiger partial charge in [-0.25, -0.2) is 0 Å². The van der Waals surface area contributed by atoms with E-state index < -0.39 is 0 Å². The first kappa shape index (κ1) is 16.2. The van der Waals surface area contributed by atoms with Gasteiger partial charge >= 0.3 is 0 Å². The topological polar surface area (TPSA) is 29.9 Å². The van der Waals surface area contributed by atoms with Gasteiger partial charge in [0.25, 0.3) is 0 Å². The van der Waals surface area contributed by atoms with Crippen molar-refractivity contribution in [3.05, 3.63) is 17.0 Å². The van der Waals surface area contributed by atoms with E-state index in [4.69, 9.17) is 5.10 Å². The molecular weight excluding hydrogens is 234 g/mol. The van der Waals surface area contributed by atoms with Crippen LogP contribution in [-0.2, 0) is 6.54 Å². The van der Waals surface area contributed by atoms with Crippen molar-refractivity contribution in [3.8, 4) is 0 Å². The van der Waals surface area contributed by atoms with Crippen LogP contribution in [0.25, 0.3) is 0 Å². The van der Waals surface area contributed by atoms with Gasteiger partial charge in [0, 0.05) is 23.8 Å². The molecule has 0 spiro atoms. The SMILES string of the molecule is CCNC(CC)c1c(C)nn(CC(CC)CC)c1C. The van der Waals surface area contributed by atoms with Gasteiger partial charge in [-0.15, -0.1) is 0 Å². The molecule has 0 radical (unpaired) electrons. The maximum Gasteiger partial charge on any atom is 0.0644 e. The molecule has 1 N–H and O–H groups in total. The minimum atomic E-state index is 0.445. The molecule has 1 aromatic rings. The standard InChI is InChI=1S/C16H31N3/c1-7-14(8-2)11-19-13(6)16(12(5)18-19)15(9-3)17-10-4/h14-15,17H,7-11H2,1-6H3. The smallest absolute Gasteiger partial charge is 0.0644 e. The van der Waals surface area contributed by atoms with E-state index in [1.54, 1.807) is 0 Å². The first-order valence-electron chi connectivity index (χ1n) is 7.86. The van der Waals surface area contributed by atoms with Crippen LogP contribution < -0.4 is 5.32 Å². The average Bonchev–Trinajstić information content (AvgIpc) is 2.68. The summed E-state index contributed by atoms with van der Waals surface area (Å²) in [5, 5.41) is 8.35. The third-order valence-electron chi connectivity index (χ3n) is 4.23. The summed E-state index contributed by atoms with van der Waals surface area (Å²) in [6, 6.07) is 0.445. The molecule has 1 aromatic heterocycles. The molecule has 19 heavy (non-hydrogen) atoms. The quantitative estimate of drug-likeness (QED) is 0.770. The summed E-state index contributed by atoms with van der Waals surface area (Å²) >= 11 is 0. The lowest BCUT2D eigenvalue weighted by atomic mass is 10.0. The van der Waals surface area contributed by atoms with Gasteiger partial charge in [0.1, 0.15) is 0 Å². The lowest BCUT2D eigenvalue weighted by molar-refractivity contribution is 0.389. The second-order valence-electron chi connectivity index (χ2n) is 5.47. The number of aromatic nitrogens is 2. The summed E-state index contributed by atoms with van der Waals surface area (Å²) in [6.45, 7) is 15.4. The van der Waals surface area contributed by atoms with Crippen molar-refractivity contribution in [2.75, 3.05) is 6.54 Å². The van der Waals surface area contributed by atoms with Crippen LogP contribution in [0.4, 0.5) is 0 Å². The van der Waals surface area contributed by atoms with Crippen molar-refractivity contribution in [1.29, 1.82) is 0 Å². The molecule has 0 aliphatic carbocycles. The Hall–Kier alpha value is -0.830. The van der Waals surface area contributed by atoms with E-state index >= 15 is 0 Å². The van der Waals surface area contributed by atoms with Crippen LogP contribution in [0.15, 0.2) is 0 Å². The van der Waals surface area contributed by atoms with E-state index in [0.29, 0.717) is 6.04 Å². The summed E-state index contributed by atoms with van der Waals surface area (Å²) in [6.07, 6.45) is 3.58. The largest absolute Gasteiger partial charge is 0.310 e. The second kappa shape index (κ2) is 7.68. The predicted octanol–water partition coefficient (Wildman–Crippen LogP) is 4.00. The lowest BCUT2D eigenvalue weighted by Crippen LogP contribution is -2.21. The first-order chi connectivity index (χ1) is 9.08. The summed E-state index contributed by atoms with van der Waals surface area (Å²) in [4.78, 5) is 0. The Bertz CT molecular complexity index is 378. The number of hydrogen-bond donors (Lipinski definition) is 1. The van der Waals surface area contributed by atoms with Crippen molar-refractivity contribution in [1.82, 2.24) is 15.1 Å². The van der Waals surface area contributed by atoms with E-state index in [2.05, 4.69) is 51.5 Å². The van der Waals surface area contributed by atoms with Gasteiger partial charge in [0.15, 0.2) is 0 Å². The van der Waals surface area contributed by atoms with Crippen LogP contribution in [0.5, 0.6) is 0 Å². The van der Waals surface area contributed by atoms with Crippen molar-refractivity contribution < 1.29 is 0 Å². The molecule has 0 saturated carbocycles. The zero-order valence-electron chi connectivity index (χ0n) is 13.6. The number of aryl methyl sites for hydroxylation is 1. The molecule has 0 saturated heterocycles. The van der Waals surface area contributed by atoms with Gasteiger partial charge in [-0.3, -0.25) is 4.68 Å². The summed E-state index contributed by atoms with van der Waals surface area (Å²) in [7, 11) is 0. The summed E-state index contributed by atoms with van der Waals surface area (Å²) in [5.74, 6) is 0.741. The molecule has 1 heterocycles. The predicted molar refractivity (Wildman–Crippen MR) is 82.5 cm³/mol. The summed E-state index contributed by atoms with van der Waals surface area (Å²) < 4.78 is 2.22. The highest BCUT2D eigenvalue weighted by molar-refractivity contribution is 5.28. The second-order valence-corrected chi connectivity index (χ2v) is 5.47. The van der Waals surface area contributed by atoms with Crippen molar-refractivity contribution in [3.63, 3.8) is 0 Å². The van der Waals surface area contributed by atoms with Gasteiger partial charge in [-0.1, -0.05) is 40.5 Å². The fourth-order valence-electron chi connectivity index (χ4n) is 2.88. The maximum atomic E-state index is 4.77. The molecule has 3 nitrogen and oxygen atoms in total. The van der Waals surface area contributed by atoms with Gasteiger partial charge in [-0.05, 0) is 32.7 Å². The normalized spacial score (nSPS) is 13.2. The van der Waals surface area contributed by atoms with E-state index in [0.717, 1.165) is 25.4 Å². The molecule has 0 aliphatic heterocycles. The molecule has 3 heteroatoms. The number of hydrogen-bond acceptors (Lipinski definition) is 2. The molecule has 1 atom stereocenters. The number of nitrogens with zero attached hydrogens (tertiary/aromatic N) is 2. The molecule has 0 bridgehead atoms. The highest BCUT2D eigenvalue weighted by Gasteiger charge is 2.19. The van der Waals surface area contributed by atoms with E-state index in [1.165, 1.54) is 29.8 Å². The Morgan fingerprint density at radius 1 is 1.05 bits per heavy atom. The molecule has 0 aliphatic rings. The Morgan fingerprint density at radius 3 is 2.16 bits per heavy atom. The van der Waals surface area contributed by atoms with Gasteiger partial charge in [0.05, 0.1) is 5.69 Å². The van der Waals surface area contributed by atoms with Crippen LogP contribution >= 0.6 is 0 Å². The molecule has 110 valence electrons. The lowest BCUT2D eigenvalue weighted by Gasteiger charge is -2.18. The summed E-state index contributed by atoms with van der Waals surface area (Å²) in [5.41, 5.74) is 3.95.